The van der Waals surface area contributed by atoms with Crippen molar-refractivity contribution in [2.75, 3.05) is 6.61 Å². The smallest absolute Gasteiger partial charge is 0.305 e. The number of esters is 1. The van der Waals surface area contributed by atoms with Crippen LogP contribution in [0.25, 0.3) is 11.5 Å². The molecule has 7 heteroatoms. The van der Waals surface area contributed by atoms with Crippen LogP contribution in [0.15, 0.2) is 94.5 Å². The highest BCUT2D eigenvalue weighted by atomic mass is 16.6. The third kappa shape index (κ3) is 9.64. The molecule has 0 radical (unpaired) electrons. The van der Waals surface area contributed by atoms with Gasteiger partial charge in [-0.15, -0.1) is 0 Å². The minimum atomic E-state index is -0.116. The van der Waals surface area contributed by atoms with Crippen LogP contribution in [0.1, 0.15) is 68.0 Å². The molecule has 0 spiro atoms. The Kier molecular flexibility index (Phi) is 11.6. The van der Waals surface area contributed by atoms with E-state index in [0.29, 0.717) is 32.1 Å². The number of carbonyl (C=O) groups excluding carboxylic acids is 1. The molecule has 4 rings (SSSR count). The van der Waals surface area contributed by atoms with Gasteiger partial charge in [-0.2, -0.15) is 0 Å². The standard InChI is InChI=1S/C34H38N2O5/c1-3-38-33(37)19-13-5-4-12-18-31(28-14-8-6-9-15-28)36-40-24-27-20-22-30(23-21-27)39-25-32-26(2)41-34(35-32)29-16-10-7-11-17-29/h6-11,14-17,20-23H,3-5,12-13,18-19,24-25H2,1-2H3. The maximum Gasteiger partial charge on any atom is 0.305 e. The van der Waals surface area contributed by atoms with Crippen molar-refractivity contribution >= 4 is 11.7 Å². The molecular formula is C34H38N2O5. The number of hydrogen-bond acceptors (Lipinski definition) is 7. The summed E-state index contributed by atoms with van der Waals surface area (Å²) in [5, 5.41) is 4.49. The lowest BCUT2D eigenvalue weighted by molar-refractivity contribution is -0.143. The summed E-state index contributed by atoms with van der Waals surface area (Å²) in [5.74, 6) is 1.97. The lowest BCUT2D eigenvalue weighted by Crippen LogP contribution is -2.04. The third-order valence-corrected chi connectivity index (χ3v) is 6.58. The largest absolute Gasteiger partial charge is 0.487 e. The van der Waals surface area contributed by atoms with Crippen LogP contribution in [0.5, 0.6) is 5.75 Å². The van der Waals surface area contributed by atoms with Crippen LogP contribution in [-0.2, 0) is 27.6 Å². The molecule has 214 valence electrons. The fourth-order valence-electron chi connectivity index (χ4n) is 4.31. The van der Waals surface area contributed by atoms with Crippen molar-refractivity contribution in [1.82, 2.24) is 4.98 Å². The van der Waals surface area contributed by atoms with Gasteiger partial charge in [-0.1, -0.05) is 78.7 Å². The van der Waals surface area contributed by atoms with E-state index in [-0.39, 0.29) is 5.97 Å². The van der Waals surface area contributed by atoms with E-state index in [1.54, 1.807) is 0 Å². The number of aryl methyl sites for hydroxylation is 1. The second-order valence-corrected chi connectivity index (χ2v) is 9.72. The van der Waals surface area contributed by atoms with Crippen molar-refractivity contribution in [1.29, 1.82) is 0 Å². The summed E-state index contributed by atoms with van der Waals surface area (Å²) < 4.78 is 16.8. The number of benzene rings is 3. The van der Waals surface area contributed by atoms with Crippen LogP contribution in [-0.4, -0.2) is 23.3 Å². The summed E-state index contributed by atoms with van der Waals surface area (Å²) in [6.07, 6.45) is 5.12. The molecule has 0 unspecified atom stereocenters. The van der Waals surface area contributed by atoms with Gasteiger partial charge >= 0.3 is 5.97 Å². The topological polar surface area (TPSA) is 83.2 Å². The van der Waals surface area contributed by atoms with E-state index in [1.807, 2.05) is 86.6 Å². The Morgan fingerprint density at radius 3 is 2.22 bits per heavy atom. The number of unbranched alkanes of at least 4 members (excludes halogenated alkanes) is 3. The quantitative estimate of drug-likeness (QED) is 0.0603. The van der Waals surface area contributed by atoms with Crippen molar-refractivity contribution in [2.24, 2.45) is 5.16 Å². The average molecular weight is 555 g/mol. The maximum absolute atomic E-state index is 11.5. The molecular weight excluding hydrogens is 516 g/mol. The Morgan fingerprint density at radius 2 is 1.51 bits per heavy atom. The first-order valence-corrected chi connectivity index (χ1v) is 14.3. The molecule has 0 aliphatic carbocycles. The number of ether oxygens (including phenoxy) is 2. The molecule has 7 nitrogen and oxygen atoms in total. The van der Waals surface area contributed by atoms with Gasteiger partial charge in [-0.3, -0.25) is 4.79 Å². The molecule has 0 saturated heterocycles. The van der Waals surface area contributed by atoms with E-state index in [1.165, 1.54) is 0 Å². The fourth-order valence-corrected chi connectivity index (χ4v) is 4.31. The number of hydrogen-bond donors (Lipinski definition) is 0. The highest BCUT2D eigenvalue weighted by Crippen LogP contribution is 2.23. The molecule has 4 aromatic rings. The summed E-state index contributed by atoms with van der Waals surface area (Å²) in [6, 6.07) is 27.7. The van der Waals surface area contributed by atoms with Gasteiger partial charge < -0.3 is 18.7 Å². The molecule has 3 aromatic carbocycles. The number of oxazole rings is 1. The van der Waals surface area contributed by atoms with Gasteiger partial charge in [-0.05, 0) is 68.5 Å². The maximum atomic E-state index is 11.5. The van der Waals surface area contributed by atoms with E-state index in [2.05, 4.69) is 22.3 Å². The second-order valence-electron chi connectivity index (χ2n) is 9.72. The van der Waals surface area contributed by atoms with Crippen LogP contribution < -0.4 is 4.74 Å². The zero-order valence-electron chi connectivity index (χ0n) is 23.9. The SMILES string of the molecule is CCOC(=O)CCCCCCC(=NOCc1ccc(OCc2nc(-c3ccccc3)oc2C)cc1)c1ccccc1. The predicted molar refractivity (Wildman–Crippen MR) is 160 cm³/mol. The Labute approximate surface area is 242 Å². The number of oxime groups is 1. The Bertz CT molecular complexity index is 1370. The monoisotopic (exact) mass is 554 g/mol. The molecule has 0 bridgehead atoms. The number of nitrogens with zero attached hydrogens (tertiary/aromatic N) is 2. The normalized spacial score (nSPS) is 11.3. The van der Waals surface area contributed by atoms with Crippen molar-refractivity contribution in [3.05, 3.63) is 108 Å². The zero-order chi connectivity index (χ0) is 28.7. The molecule has 1 heterocycles. The van der Waals surface area contributed by atoms with Gasteiger partial charge in [-0.25, -0.2) is 4.98 Å². The van der Waals surface area contributed by atoms with Crippen LogP contribution >= 0.6 is 0 Å². The van der Waals surface area contributed by atoms with Crippen molar-refractivity contribution in [3.63, 3.8) is 0 Å². The lowest BCUT2D eigenvalue weighted by atomic mass is 10.0. The second kappa shape index (κ2) is 16.0. The van der Waals surface area contributed by atoms with E-state index in [4.69, 9.17) is 18.7 Å². The summed E-state index contributed by atoms with van der Waals surface area (Å²) in [5.41, 5.74) is 4.69. The van der Waals surface area contributed by atoms with E-state index in [9.17, 15) is 4.79 Å². The first kappa shape index (κ1) is 29.6. The first-order valence-electron chi connectivity index (χ1n) is 14.3. The Balaban J connectivity index is 1.25. The molecule has 0 fully saturated rings. The molecule has 0 amide bonds. The van der Waals surface area contributed by atoms with Gasteiger partial charge in [0.15, 0.2) is 0 Å². The van der Waals surface area contributed by atoms with Crippen molar-refractivity contribution in [2.45, 2.75) is 65.6 Å². The van der Waals surface area contributed by atoms with E-state index >= 15 is 0 Å². The molecule has 0 aliphatic heterocycles. The number of aromatic nitrogens is 1. The van der Waals surface area contributed by atoms with E-state index in [0.717, 1.165) is 71.7 Å². The molecule has 1 aromatic heterocycles. The van der Waals surface area contributed by atoms with Crippen LogP contribution in [0.3, 0.4) is 0 Å². The van der Waals surface area contributed by atoms with Gasteiger partial charge in [0.2, 0.25) is 5.89 Å². The highest BCUT2D eigenvalue weighted by molar-refractivity contribution is 6.00. The first-order chi connectivity index (χ1) is 20.1. The summed E-state index contributed by atoms with van der Waals surface area (Å²) in [7, 11) is 0. The van der Waals surface area contributed by atoms with E-state index < -0.39 is 0 Å². The fraction of sp³-hybridized carbons (Fsp3) is 0.324. The highest BCUT2D eigenvalue weighted by Gasteiger charge is 2.12. The molecule has 0 atom stereocenters. The van der Waals surface area contributed by atoms with Crippen LogP contribution in [0.2, 0.25) is 0 Å². The molecule has 0 saturated carbocycles. The minimum Gasteiger partial charge on any atom is -0.487 e. The molecule has 0 N–H and O–H groups in total. The van der Waals surface area contributed by atoms with Gasteiger partial charge in [0.1, 0.15) is 30.4 Å². The summed E-state index contributed by atoms with van der Waals surface area (Å²) in [6.45, 7) is 4.85. The number of carbonyl (C=O) groups is 1. The Morgan fingerprint density at radius 1 is 0.829 bits per heavy atom. The van der Waals surface area contributed by atoms with Crippen molar-refractivity contribution in [3.8, 4) is 17.2 Å². The molecule has 0 aliphatic rings. The lowest BCUT2D eigenvalue weighted by Gasteiger charge is -2.09. The van der Waals surface area contributed by atoms with Crippen LogP contribution in [0.4, 0.5) is 0 Å². The minimum absolute atomic E-state index is 0.116. The average Bonchev–Trinajstić information content (AvgIpc) is 3.38. The van der Waals surface area contributed by atoms with Crippen LogP contribution in [0, 0.1) is 6.92 Å². The van der Waals surface area contributed by atoms with Gasteiger partial charge in [0.25, 0.3) is 0 Å². The molecule has 41 heavy (non-hydrogen) atoms. The summed E-state index contributed by atoms with van der Waals surface area (Å²) >= 11 is 0. The van der Waals surface area contributed by atoms with Crippen molar-refractivity contribution < 1.29 is 23.5 Å². The predicted octanol–water partition coefficient (Wildman–Crippen LogP) is 8.05. The third-order valence-electron chi connectivity index (χ3n) is 6.58. The van der Waals surface area contributed by atoms with Gasteiger partial charge in [0.05, 0.1) is 12.3 Å². The number of rotatable bonds is 16. The zero-order valence-corrected chi connectivity index (χ0v) is 23.9. The Hall–Kier alpha value is -4.39. The summed E-state index contributed by atoms with van der Waals surface area (Å²) in [4.78, 5) is 21.9. The van der Waals surface area contributed by atoms with Gasteiger partial charge in [0, 0.05) is 12.0 Å².